The highest BCUT2D eigenvalue weighted by atomic mass is 16.5. The van der Waals surface area contributed by atoms with Crippen LogP contribution in [0, 0.1) is 0 Å². The maximum absolute atomic E-state index is 6.04. The molecule has 0 aromatic heterocycles. The van der Waals surface area contributed by atoms with E-state index in [1.165, 1.54) is 0 Å². The van der Waals surface area contributed by atoms with Crippen molar-refractivity contribution >= 4 is 17.9 Å². The molecular formula is C19H28N4O2. The lowest BCUT2D eigenvalue weighted by molar-refractivity contribution is 0.140. The van der Waals surface area contributed by atoms with E-state index in [1.807, 2.05) is 18.5 Å². The molecule has 0 N–H and O–H groups in total. The first-order chi connectivity index (χ1) is 12.0. The van der Waals surface area contributed by atoms with Crippen LogP contribution in [0.5, 0.6) is 11.5 Å². The fraction of sp³-hybridized carbons (Fsp3) is 0.579. The van der Waals surface area contributed by atoms with E-state index in [9.17, 15) is 0 Å². The van der Waals surface area contributed by atoms with Gasteiger partial charge in [-0.15, -0.1) is 0 Å². The molecule has 2 aliphatic heterocycles. The largest absolute Gasteiger partial charge is 0.491 e. The molecule has 136 valence electrons. The molecule has 2 heterocycles. The molecule has 0 spiro atoms. The molecule has 0 saturated carbocycles. The van der Waals surface area contributed by atoms with Crippen molar-refractivity contribution in [3.63, 3.8) is 0 Å². The third-order valence-corrected chi connectivity index (χ3v) is 4.67. The maximum atomic E-state index is 6.04. The second-order valence-electron chi connectivity index (χ2n) is 6.91. The van der Waals surface area contributed by atoms with Crippen LogP contribution >= 0.6 is 0 Å². The Hall–Kier alpha value is -2.08. The molecule has 0 fully saturated rings. The summed E-state index contributed by atoms with van der Waals surface area (Å²) in [5.41, 5.74) is 1.82. The number of rotatable bonds is 7. The van der Waals surface area contributed by atoms with E-state index < -0.39 is 0 Å². The first kappa shape index (κ1) is 17.7. The van der Waals surface area contributed by atoms with E-state index in [2.05, 4.69) is 47.5 Å². The topological polar surface area (TPSA) is 49.7 Å². The highest BCUT2D eigenvalue weighted by Gasteiger charge is 2.27. The van der Waals surface area contributed by atoms with Crippen molar-refractivity contribution in [2.75, 3.05) is 33.4 Å². The fourth-order valence-corrected chi connectivity index (χ4v) is 3.49. The van der Waals surface area contributed by atoms with Gasteiger partial charge in [-0.1, -0.05) is 0 Å². The Morgan fingerprint density at radius 1 is 1.20 bits per heavy atom. The fourth-order valence-electron chi connectivity index (χ4n) is 3.49. The van der Waals surface area contributed by atoms with Crippen LogP contribution in [0.1, 0.15) is 33.3 Å². The van der Waals surface area contributed by atoms with Crippen molar-refractivity contribution in [2.45, 2.75) is 39.8 Å². The number of fused-ring (bicyclic) bond motifs is 3. The van der Waals surface area contributed by atoms with E-state index in [-0.39, 0.29) is 0 Å². The summed E-state index contributed by atoms with van der Waals surface area (Å²) < 4.78 is 11.7. The van der Waals surface area contributed by atoms with E-state index in [1.54, 1.807) is 7.11 Å². The Morgan fingerprint density at radius 2 is 1.96 bits per heavy atom. The number of benzene rings is 1. The van der Waals surface area contributed by atoms with Crippen molar-refractivity contribution in [1.29, 1.82) is 0 Å². The van der Waals surface area contributed by atoms with Crippen molar-refractivity contribution < 1.29 is 9.47 Å². The second-order valence-corrected chi connectivity index (χ2v) is 6.91. The first-order valence-corrected chi connectivity index (χ1v) is 8.98. The molecule has 1 aromatic rings. The molecule has 0 aliphatic carbocycles. The molecule has 0 radical (unpaired) electrons. The quantitative estimate of drug-likeness (QED) is 0.763. The van der Waals surface area contributed by atoms with Crippen molar-refractivity contribution in [2.24, 2.45) is 9.98 Å². The second kappa shape index (κ2) is 7.44. The molecule has 0 atom stereocenters. The lowest BCUT2D eigenvalue weighted by atomic mass is 10.1. The van der Waals surface area contributed by atoms with Gasteiger partial charge in [-0.2, -0.15) is 0 Å². The first-order valence-electron chi connectivity index (χ1n) is 8.98. The van der Waals surface area contributed by atoms with E-state index in [4.69, 9.17) is 9.47 Å². The van der Waals surface area contributed by atoms with Crippen LogP contribution in [-0.2, 0) is 0 Å². The van der Waals surface area contributed by atoms with Crippen molar-refractivity contribution in [1.82, 2.24) is 9.80 Å². The van der Waals surface area contributed by atoms with Gasteiger partial charge in [0.25, 0.3) is 0 Å². The van der Waals surface area contributed by atoms with Gasteiger partial charge >= 0.3 is 0 Å². The average Bonchev–Trinajstić information content (AvgIpc) is 3.06. The zero-order chi connectivity index (χ0) is 18.0. The zero-order valence-electron chi connectivity index (χ0n) is 15.8. The summed E-state index contributed by atoms with van der Waals surface area (Å²) in [6.07, 6.45) is 1.83. The molecule has 6 nitrogen and oxygen atoms in total. The van der Waals surface area contributed by atoms with Crippen LogP contribution < -0.4 is 9.47 Å². The van der Waals surface area contributed by atoms with Gasteiger partial charge in [0.05, 0.1) is 20.0 Å². The van der Waals surface area contributed by atoms with Crippen LogP contribution in [-0.4, -0.2) is 67.4 Å². The van der Waals surface area contributed by atoms with Gasteiger partial charge in [-0.3, -0.25) is 9.89 Å². The van der Waals surface area contributed by atoms with Crippen LogP contribution in [0.4, 0.5) is 5.69 Å². The van der Waals surface area contributed by atoms with Gasteiger partial charge in [0.2, 0.25) is 0 Å². The number of aliphatic imine (C=N–C) groups is 2. The predicted octanol–water partition coefficient (Wildman–Crippen LogP) is 2.93. The molecular weight excluding hydrogens is 316 g/mol. The molecule has 2 aliphatic rings. The minimum absolute atomic E-state index is 0.491. The summed E-state index contributed by atoms with van der Waals surface area (Å²) in [5.74, 6) is 2.39. The molecule has 6 heteroatoms. The predicted molar refractivity (Wildman–Crippen MR) is 102 cm³/mol. The van der Waals surface area contributed by atoms with Gasteiger partial charge in [0, 0.05) is 30.7 Å². The lowest BCUT2D eigenvalue weighted by Gasteiger charge is -2.30. The lowest BCUT2D eigenvalue weighted by Crippen LogP contribution is -2.39. The highest BCUT2D eigenvalue weighted by molar-refractivity contribution is 6.12. The molecule has 25 heavy (non-hydrogen) atoms. The minimum Gasteiger partial charge on any atom is -0.491 e. The van der Waals surface area contributed by atoms with E-state index in [0.29, 0.717) is 24.4 Å². The Kier molecular flexibility index (Phi) is 5.27. The number of ether oxygens (including phenoxy) is 2. The number of methoxy groups -OCH3 is 1. The van der Waals surface area contributed by atoms with Gasteiger partial charge in [-0.05, 0) is 39.8 Å². The normalized spacial score (nSPS) is 15.7. The minimum atomic E-state index is 0.491. The monoisotopic (exact) mass is 344 g/mol. The third-order valence-electron chi connectivity index (χ3n) is 4.67. The summed E-state index contributed by atoms with van der Waals surface area (Å²) in [4.78, 5) is 13.6. The van der Waals surface area contributed by atoms with Crippen LogP contribution in [0.15, 0.2) is 22.1 Å². The van der Waals surface area contributed by atoms with E-state index in [0.717, 1.165) is 42.5 Å². The summed E-state index contributed by atoms with van der Waals surface area (Å²) in [6, 6.07) is 4.98. The Balaban J connectivity index is 1.77. The molecule has 0 saturated heterocycles. The van der Waals surface area contributed by atoms with Gasteiger partial charge in [0.15, 0.2) is 11.5 Å². The highest BCUT2D eigenvalue weighted by Crippen LogP contribution is 2.42. The van der Waals surface area contributed by atoms with Gasteiger partial charge < -0.3 is 14.4 Å². The van der Waals surface area contributed by atoms with E-state index >= 15 is 0 Å². The van der Waals surface area contributed by atoms with Crippen LogP contribution in [0.3, 0.4) is 0 Å². The Labute approximate surface area is 150 Å². The van der Waals surface area contributed by atoms with Gasteiger partial charge in [0.1, 0.15) is 18.1 Å². The molecule has 0 amide bonds. The summed E-state index contributed by atoms with van der Waals surface area (Å²) in [7, 11) is 1.66. The summed E-state index contributed by atoms with van der Waals surface area (Å²) in [5, 5.41) is 0. The number of nitrogens with zero attached hydrogens (tertiary/aromatic N) is 4. The number of hydrogen-bond acceptors (Lipinski definition) is 6. The molecule has 0 unspecified atom stereocenters. The molecule has 3 rings (SSSR count). The van der Waals surface area contributed by atoms with Crippen molar-refractivity contribution in [3.05, 3.63) is 17.7 Å². The standard InChI is InChI=1S/C19H28N4O2/c1-13(2)23(14(3)4)10-11-25-16-7-6-15-17(18(16)24-5)21-12-22-9-8-20-19(15)22/h6-7,12-14H,8-11H2,1-5H3. The number of amidine groups is 1. The Morgan fingerprint density at radius 3 is 2.64 bits per heavy atom. The summed E-state index contributed by atoms with van der Waals surface area (Å²) >= 11 is 0. The van der Waals surface area contributed by atoms with Gasteiger partial charge in [-0.25, -0.2) is 4.99 Å². The summed E-state index contributed by atoms with van der Waals surface area (Å²) in [6.45, 7) is 12.0. The molecule has 1 aromatic carbocycles. The Bertz CT molecular complexity index is 674. The SMILES string of the molecule is COc1c(OCCN(C(C)C)C(C)C)ccc2c1N=CN1CCN=C21. The van der Waals surface area contributed by atoms with Crippen molar-refractivity contribution in [3.8, 4) is 11.5 Å². The zero-order valence-corrected chi connectivity index (χ0v) is 15.8. The molecule has 0 bridgehead atoms. The number of hydrogen-bond donors (Lipinski definition) is 0. The van der Waals surface area contributed by atoms with Crippen LogP contribution in [0.25, 0.3) is 0 Å². The smallest absolute Gasteiger partial charge is 0.187 e. The maximum Gasteiger partial charge on any atom is 0.187 e. The average molecular weight is 344 g/mol. The van der Waals surface area contributed by atoms with Crippen LogP contribution in [0.2, 0.25) is 0 Å². The third kappa shape index (κ3) is 3.49.